The summed E-state index contributed by atoms with van der Waals surface area (Å²) in [6.07, 6.45) is 2.92. The summed E-state index contributed by atoms with van der Waals surface area (Å²) in [6, 6.07) is 0. The van der Waals surface area contributed by atoms with E-state index in [1.165, 1.54) is 0 Å². The van der Waals surface area contributed by atoms with Crippen molar-refractivity contribution in [3.63, 3.8) is 0 Å². The molecule has 0 aliphatic rings. The van der Waals surface area contributed by atoms with E-state index in [1.54, 1.807) is 0 Å². The first kappa shape index (κ1) is 14.2. The van der Waals surface area contributed by atoms with Gasteiger partial charge in [0.25, 0.3) is 0 Å². The normalized spacial score (nSPS) is 10.8. The van der Waals surface area contributed by atoms with E-state index >= 15 is 0 Å². The lowest BCUT2D eigenvalue weighted by Gasteiger charge is -2.08. The average Bonchev–Trinajstić information content (AvgIpc) is 2.63. The van der Waals surface area contributed by atoms with E-state index in [4.69, 9.17) is 0 Å². The van der Waals surface area contributed by atoms with Gasteiger partial charge >= 0.3 is 0 Å². The molecule has 0 saturated heterocycles. The van der Waals surface area contributed by atoms with Gasteiger partial charge in [0.2, 0.25) is 0 Å². The van der Waals surface area contributed by atoms with Crippen LogP contribution >= 0.6 is 22.6 Å². The summed E-state index contributed by atoms with van der Waals surface area (Å²) >= 11 is 2.25. The second kappa shape index (κ2) is 5.85. The Morgan fingerprint density at radius 2 is 2.11 bits per heavy atom. The smallest absolute Gasteiger partial charge is 0.165 e. The molecule has 102 valence electrons. The number of nitrogens with one attached hydrogen (secondary N) is 1. The fourth-order valence-corrected chi connectivity index (χ4v) is 2.40. The van der Waals surface area contributed by atoms with Gasteiger partial charge in [-0.2, -0.15) is 5.10 Å². The number of rotatable bonds is 4. The van der Waals surface area contributed by atoms with Gasteiger partial charge in [0.1, 0.15) is 5.82 Å². The zero-order valence-corrected chi connectivity index (χ0v) is 13.8. The van der Waals surface area contributed by atoms with Gasteiger partial charge in [-0.05, 0) is 42.9 Å². The van der Waals surface area contributed by atoms with Gasteiger partial charge in [-0.1, -0.05) is 6.92 Å². The second-order valence-electron chi connectivity index (χ2n) is 4.49. The lowest BCUT2D eigenvalue weighted by atomic mass is 10.2. The topological polar surface area (TPSA) is 55.6 Å². The molecule has 0 aliphatic heterocycles. The highest BCUT2D eigenvalue weighted by Crippen LogP contribution is 2.25. The lowest BCUT2D eigenvalue weighted by Crippen LogP contribution is -2.06. The molecule has 1 N–H and O–H groups in total. The third-order valence-electron chi connectivity index (χ3n) is 3.02. The Morgan fingerprint density at radius 1 is 1.37 bits per heavy atom. The van der Waals surface area contributed by atoms with Crippen molar-refractivity contribution in [2.24, 2.45) is 7.05 Å². The molecule has 5 nitrogen and oxygen atoms in total. The Morgan fingerprint density at radius 3 is 2.68 bits per heavy atom. The van der Waals surface area contributed by atoms with E-state index in [0.717, 1.165) is 45.1 Å². The van der Waals surface area contributed by atoms with Gasteiger partial charge in [-0.15, -0.1) is 0 Å². The summed E-state index contributed by atoms with van der Waals surface area (Å²) in [7, 11) is 1.94. The summed E-state index contributed by atoms with van der Waals surface area (Å²) < 4.78 is 2.90. The van der Waals surface area contributed by atoms with Gasteiger partial charge in [-0.3, -0.25) is 4.68 Å². The first-order chi connectivity index (χ1) is 9.04. The SMILES string of the molecule is CCCNc1nc(-c2c(C)nn(C)c2C)ncc1I. The van der Waals surface area contributed by atoms with Crippen molar-refractivity contribution < 1.29 is 0 Å². The van der Waals surface area contributed by atoms with Crippen LogP contribution in [0.5, 0.6) is 0 Å². The number of halogens is 1. The Bertz CT molecular complexity index is 591. The molecule has 0 spiro atoms. The van der Waals surface area contributed by atoms with Crippen molar-refractivity contribution >= 4 is 28.4 Å². The standard InChI is InChI=1S/C13H18IN5/c1-5-6-15-12-10(14)7-16-13(17-12)11-8(2)18-19(4)9(11)3/h7H,5-6H2,1-4H3,(H,15,16,17). The van der Waals surface area contributed by atoms with Crippen LogP contribution in [0.15, 0.2) is 6.20 Å². The first-order valence-corrected chi connectivity index (χ1v) is 7.39. The minimum atomic E-state index is 0.738. The van der Waals surface area contributed by atoms with E-state index in [0.29, 0.717) is 0 Å². The molecule has 0 fully saturated rings. The summed E-state index contributed by atoms with van der Waals surface area (Å²) in [5, 5.41) is 7.75. The maximum Gasteiger partial charge on any atom is 0.165 e. The van der Waals surface area contributed by atoms with Crippen molar-refractivity contribution in [2.75, 3.05) is 11.9 Å². The molecule has 6 heteroatoms. The van der Waals surface area contributed by atoms with Crippen LogP contribution in [0, 0.1) is 17.4 Å². The molecular weight excluding hydrogens is 353 g/mol. The Hall–Kier alpha value is -1.18. The minimum Gasteiger partial charge on any atom is -0.369 e. The highest BCUT2D eigenvalue weighted by Gasteiger charge is 2.15. The zero-order chi connectivity index (χ0) is 14.0. The molecular formula is C13H18IN5. The average molecular weight is 371 g/mol. The summed E-state index contributed by atoms with van der Waals surface area (Å²) in [6.45, 7) is 7.08. The number of anilines is 1. The van der Waals surface area contributed by atoms with Crippen LogP contribution in [0.4, 0.5) is 5.82 Å². The fourth-order valence-electron chi connectivity index (χ4n) is 1.95. The minimum absolute atomic E-state index is 0.738. The monoisotopic (exact) mass is 371 g/mol. The van der Waals surface area contributed by atoms with E-state index in [-0.39, 0.29) is 0 Å². The van der Waals surface area contributed by atoms with Gasteiger partial charge in [0, 0.05) is 25.5 Å². The quantitative estimate of drug-likeness (QED) is 0.840. The molecule has 19 heavy (non-hydrogen) atoms. The second-order valence-corrected chi connectivity index (χ2v) is 5.65. The zero-order valence-electron chi connectivity index (χ0n) is 11.7. The molecule has 0 saturated carbocycles. The third-order valence-corrected chi connectivity index (χ3v) is 3.81. The summed E-state index contributed by atoms with van der Waals surface area (Å²) in [5.74, 6) is 1.64. The number of hydrogen-bond acceptors (Lipinski definition) is 4. The lowest BCUT2D eigenvalue weighted by molar-refractivity contribution is 0.731. The molecule has 2 rings (SSSR count). The molecule has 0 bridgehead atoms. The van der Waals surface area contributed by atoms with Crippen LogP contribution in [0.1, 0.15) is 24.7 Å². The Labute approximate surface area is 127 Å². The molecule has 0 amide bonds. The van der Waals surface area contributed by atoms with E-state index < -0.39 is 0 Å². The highest BCUT2D eigenvalue weighted by atomic mass is 127. The molecule has 2 aromatic rings. The Kier molecular flexibility index (Phi) is 4.38. The van der Waals surface area contributed by atoms with Crippen molar-refractivity contribution in [1.29, 1.82) is 0 Å². The van der Waals surface area contributed by atoms with E-state index in [9.17, 15) is 0 Å². The maximum atomic E-state index is 4.63. The number of aromatic nitrogens is 4. The molecule has 0 radical (unpaired) electrons. The molecule has 2 aromatic heterocycles. The molecule has 0 aromatic carbocycles. The van der Waals surface area contributed by atoms with Gasteiger partial charge in [0.05, 0.1) is 14.8 Å². The summed E-state index contributed by atoms with van der Waals surface area (Å²) in [4.78, 5) is 9.07. The van der Waals surface area contributed by atoms with Crippen LogP contribution in [0.2, 0.25) is 0 Å². The number of aryl methyl sites for hydroxylation is 2. The largest absolute Gasteiger partial charge is 0.369 e. The van der Waals surface area contributed by atoms with Crippen molar-refractivity contribution in [3.05, 3.63) is 21.2 Å². The van der Waals surface area contributed by atoms with Crippen molar-refractivity contribution in [3.8, 4) is 11.4 Å². The van der Waals surface area contributed by atoms with Crippen LogP contribution in [-0.4, -0.2) is 26.3 Å². The predicted molar refractivity (Wildman–Crippen MR) is 85.2 cm³/mol. The van der Waals surface area contributed by atoms with Gasteiger partial charge in [-0.25, -0.2) is 9.97 Å². The first-order valence-electron chi connectivity index (χ1n) is 6.31. The van der Waals surface area contributed by atoms with E-state index in [1.807, 2.05) is 31.8 Å². The molecule has 0 atom stereocenters. The fraction of sp³-hybridized carbons (Fsp3) is 0.462. The van der Waals surface area contributed by atoms with Crippen LogP contribution in [-0.2, 0) is 7.05 Å². The number of nitrogens with zero attached hydrogens (tertiary/aromatic N) is 4. The maximum absolute atomic E-state index is 4.63. The molecule has 0 unspecified atom stereocenters. The van der Waals surface area contributed by atoms with Gasteiger partial charge in [0.15, 0.2) is 5.82 Å². The predicted octanol–water partition coefficient (Wildman–Crippen LogP) is 2.92. The van der Waals surface area contributed by atoms with Crippen LogP contribution in [0.3, 0.4) is 0 Å². The van der Waals surface area contributed by atoms with Crippen LogP contribution < -0.4 is 5.32 Å². The third kappa shape index (κ3) is 2.88. The number of hydrogen-bond donors (Lipinski definition) is 1. The summed E-state index contributed by atoms with van der Waals surface area (Å²) in [5.41, 5.74) is 3.07. The molecule has 2 heterocycles. The highest BCUT2D eigenvalue weighted by molar-refractivity contribution is 14.1. The van der Waals surface area contributed by atoms with Crippen molar-refractivity contribution in [1.82, 2.24) is 19.7 Å². The Balaban J connectivity index is 2.45. The van der Waals surface area contributed by atoms with Gasteiger partial charge < -0.3 is 5.32 Å². The molecule has 0 aliphatic carbocycles. The van der Waals surface area contributed by atoms with Crippen LogP contribution in [0.25, 0.3) is 11.4 Å². The van der Waals surface area contributed by atoms with E-state index in [2.05, 4.69) is 49.9 Å². The van der Waals surface area contributed by atoms with Crippen molar-refractivity contribution in [2.45, 2.75) is 27.2 Å².